The van der Waals surface area contributed by atoms with Crippen LogP contribution in [-0.2, 0) is 19.6 Å². The zero-order valence-corrected chi connectivity index (χ0v) is 20.2. The molecule has 10 heteroatoms. The van der Waals surface area contributed by atoms with Crippen LogP contribution in [0.25, 0.3) is 11.1 Å². The third-order valence-electron chi connectivity index (χ3n) is 6.51. The molecule has 2 aliphatic rings. The summed E-state index contributed by atoms with van der Waals surface area (Å²) in [4.78, 5) is 14.5. The quantitative estimate of drug-likeness (QED) is 0.488. The molecule has 2 N–H and O–H groups in total. The highest BCUT2D eigenvalue weighted by Gasteiger charge is 2.54. The number of hydrogen-bond acceptors (Lipinski definition) is 6. The number of aryl methyl sites for hydroxylation is 1. The van der Waals surface area contributed by atoms with Crippen molar-refractivity contribution in [2.45, 2.75) is 24.5 Å². The fraction of sp³-hybridized carbons (Fsp3) is 0.435. The van der Waals surface area contributed by atoms with E-state index in [0.717, 1.165) is 16.8 Å². The monoisotopic (exact) mass is 495 g/mol. The van der Waals surface area contributed by atoms with E-state index in [9.17, 15) is 18.4 Å². The number of nitrogens with zero attached hydrogens (tertiary/aromatic N) is 2. The third-order valence-corrected chi connectivity index (χ3v) is 9.13. The molecule has 0 bridgehead atoms. The second-order valence-corrected chi connectivity index (χ2v) is 10.6. The van der Waals surface area contributed by atoms with Crippen LogP contribution in [-0.4, -0.2) is 68.0 Å². The number of rotatable bonds is 5. The third kappa shape index (κ3) is 4.88. The van der Waals surface area contributed by atoms with Gasteiger partial charge in [0.25, 0.3) is 5.91 Å². The van der Waals surface area contributed by atoms with Crippen molar-refractivity contribution in [1.82, 2.24) is 9.79 Å². The van der Waals surface area contributed by atoms with Gasteiger partial charge in [-0.3, -0.25) is 10.0 Å². The summed E-state index contributed by atoms with van der Waals surface area (Å²) < 4.78 is 31.8. The van der Waals surface area contributed by atoms with E-state index >= 15 is 0 Å². The number of anilines is 1. The van der Waals surface area contributed by atoms with E-state index in [1.807, 2.05) is 0 Å². The molecule has 4 rings (SSSR count). The highest BCUT2D eigenvalue weighted by molar-refractivity contribution is 7.91. The van der Waals surface area contributed by atoms with Gasteiger partial charge < -0.3 is 9.64 Å². The highest BCUT2D eigenvalue weighted by Crippen LogP contribution is 2.34. The van der Waals surface area contributed by atoms with E-state index in [1.54, 1.807) is 5.48 Å². The van der Waals surface area contributed by atoms with Crippen molar-refractivity contribution in [2.24, 2.45) is 0 Å². The Hall–Kier alpha value is -2.17. The first kappa shape index (κ1) is 25.5. The van der Waals surface area contributed by atoms with Crippen LogP contribution < -0.4 is 10.4 Å². The summed E-state index contributed by atoms with van der Waals surface area (Å²) in [7, 11) is -3.96. The van der Waals surface area contributed by atoms with Gasteiger partial charge in [-0.25, -0.2) is 13.9 Å². The van der Waals surface area contributed by atoms with E-state index in [-0.39, 0.29) is 51.6 Å². The van der Waals surface area contributed by atoms with Crippen LogP contribution in [0, 0.1) is 6.92 Å². The number of hydrogen-bond donors (Lipinski definition) is 2. The van der Waals surface area contributed by atoms with Gasteiger partial charge in [-0.15, -0.1) is 12.4 Å². The molecular weight excluding hydrogens is 466 g/mol. The molecule has 0 unspecified atom stereocenters. The molecule has 180 valence electrons. The van der Waals surface area contributed by atoms with Crippen LogP contribution >= 0.6 is 12.4 Å². The number of piperazine rings is 1. The van der Waals surface area contributed by atoms with Crippen molar-refractivity contribution in [1.29, 1.82) is 0 Å². The maximum atomic E-state index is 13.4. The first-order chi connectivity index (χ1) is 15.4. The van der Waals surface area contributed by atoms with E-state index < -0.39 is 20.7 Å². The van der Waals surface area contributed by atoms with Gasteiger partial charge in [0, 0.05) is 57.9 Å². The highest BCUT2D eigenvalue weighted by atomic mass is 35.5. The van der Waals surface area contributed by atoms with Gasteiger partial charge in [0.05, 0.1) is 0 Å². The molecule has 0 atom stereocenters. The molecule has 2 fully saturated rings. The number of amides is 1. The van der Waals surface area contributed by atoms with Crippen molar-refractivity contribution in [3.05, 3.63) is 54.1 Å². The average Bonchev–Trinajstić information content (AvgIpc) is 2.84. The Labute approximate surface area is 200 Å². The lowest BCUT2D eigenvalue weighted by molar-refractivity contribution is -0.134. The summed E-state index contributed by atoms with van der Waals surface area (Å²) in [5.41, 5.74) is 6.11. The Morgan fingerprint density at radius 1 is 0.939 bits per heavy atom. The number of sulfonamides is 1. The van der Waals surface area contributed by atoms with Gasteiger partial charge >= 0.3 is 0 Å². The maximum Gasteiger partial charge on any atom is 0.266 e. The van der Waals surface area contributed by atoms with Crippen molar-refractivity contribution in [3.8, 4) is 11.1 Å². The van der Waals surface area contributed by atoms with E-state index in [1.165, 1.54) is 9.87 Å². The van der Waals surface area contributed by atoms with Gasteiger partial charge in [0.1, 0.15) is 0 Å². The molecule has 2 aromatic rings. The molecule has 0 spiro atoms. The minimum atomic E-state index is -3.96. The topological polar surface area (TPSA) is 99.2 Å². The smallest absolute Gasteiger partial charge is 0.266 e. The van der Waals surface area contributed by atoms with Crippen LogP contribution in [0.5, 0.6) is 0 Å². The minimum Gasteiger partial charge on any atom is -0.381 e. The minimum absolute atomic E-state index is 0. The molecule has 2 heterocycles. The molecule has 2 saturated heterocycles. The molecular formula is C23H30ClN3O5S. The van der Waals surface area contributed by atoms with Crippen LogP contribution in [0.4, 0.5) is 5.69 Å². The summed E-state index contributed by atoms with van der Waals surface area (Å²) in [5.74, 6) is -0.880. The van der Waals surface area contributed by atoms with Crippen molar-refractivity contribution < 1.29 is 23.2 Å². The Morgan fingerprint density at radius 3 is 1.97 bits per heavy atom. The second-order valence-electron chi connectivity index (χ2n) is 8.35. The Balaban J connectivity index is 0.00000306. The van der Waals surface area contributed by atoms with Crippen LogP contribution in [0.15, 0.2) is 48.5 Å². The van der Waals surface area contributed by atoms with Crippen molar-refractivity contribution in [2.75, 3.05) is 44.3 Å². The number of carbonyl (C=O) groups excluding carboxylic acids is 1. The van der Waals surface area contributed by atoms with Gasteiger partial charge in [-0.1, -0.05) is 42.0 Å². The molecule has 0 aliphatic carbocycles. The van der Waals surface area contributed by atoms with Crippen LogP contribution in [0.1, 0.15) is 18.4 Å². The Morgan fingerprint density at radius 2 is 1.45 bits per heavy atom. The summed E-state index contributed by atoms with van der Waals surface area (Å²) >= 11 is 0. The SMILES string of the molecule is Cc1ccc(-c2ccc(N3CCN(S(=O)(=O)C4(C(=O)NO)CCOCC4)CC3)cc2)cc1.Cl. The maximum absolute atomic E-state index is 13.4. The first-order valence-corrected chi connectivity index (χ1v) is 12.3. The van der Waals surface area contributed by atoms with E-state index in [2.05, 4.69) is 60.4 Å². The molecule has 0 saturated carbocycles. The van der Waals surface area contributed by atoms with Gasteiger partial charge in [0.2, 0.25) is 10.0 Å². The second kappa shape index (κ2) is 10.4. The van der Waals surface area contributed by atoms with E-state index in [0.29, 0.717) is 13.1 Å². The van der Waals surface area contributed by atoms with Gasteiger partial charge in [-0.05, 0) is 30.2 Å². The fourth-order valence-corrected chi connectivity index (χ4v) is 6.55. The summed E-state index contributed by atoms with van der Waals surface area (Å²) in [6.45, 7) is 4.01. The Kier molecular flexibility index (Phi) is 8.02. The van der Waals surface area contributed by atoms with Crippen LogP contribution in [0.2, 0.25) is 0 Å². The largest absolute Gasteiger partial charge is 0.381 e. The Bertz CT molecular complexity index is 1050. The lowest BCUT2D eigenvalue weighted by Gasteiger charge is -2.42. The van der Waals surface area contributed by atoms with Gasteiger partial charge in [-0.2, -0.15) is 4.31 Å². The normalized spacial score (nSPS) is 18.9. The summed E-state index contributed by atoms with van der Waals surface area (Å²) in [6.07, 6.45) is 0.0603. The number of benzene rings is 2. The zero-order valence-electron chi connectivity index (χ0n) is 18.6. The predicted octanol–water partition coefficient (Wildman–Crippen LogP) is 2.59. The van der Waals surface area contributed by atoms with Crippen molar-refractivity contribution in [3.63, 3.8) is 0 Å². The predicted molar refractivity (Wildman–Crippen MR) is 129 cm³/mol. The first-order valence-electron chi connectivity index (χ1n) is 10.8. The zero-order chi connectivity index (χ0) is 22.8. The molecule has 2 aromatic carbocycles. The lowest BCUT2D eigenvalue weighted by atomic mass is 9.98. The number of carbonyl (C=O) groups is 1. The summed E-state index contributed by atoms with van der Waals surface area (Å²) in [5, 5.41) is 9.19. The molecule has 1 amide bonds. The molecule has 2 aliphatic heterocycles. The standard InChI is InChI=1S/C23H29N3O5S.ClH/c1-18-2-4-19(5-3-18)20-6-8-21(9-7-20)25-12-14-26(15-13-25)32(29,30)23(22(27)24-28)10-16-31-17-11-23;/h2-9,28H,10-17H2,1H3,(H,24,27);1H. The van der Waals surface area contributed by atoms with E-state index in [4.69, 9.17) is 4.74 Å². The molecule has 8 nitrogen and oxygen atoms in total. The number of halogens is 1. The van der Waals surface area contributed by atoms with Crippen LogP contribution in [0.3, 0.4) is 0 Å². The number of ether oxygens (including phenoxy) is 1. The fourth-order valence-electron chi connectivity index (χ4n) is 4.45. The van der Waals surface area contributed by atoms with Crippen molar-refractivity contribution >= 4 is 34.0 Å². The number of nitrogens with one attached hydrogen (secondary N) is 1. The lowest BCUT2D eigenvalue weighted by Crippen LogP contribution is -2.62. The molecule has 0 aromatic heterocycles. The number of hydroxylamine groups is 1. The molecule has 0 radical (unpaired) electrons. The van der Waals surface area contributed by atoms with Gasteiger partial charge in [0.15, 0.2) is 4.75 Å². The average molecular weight is 496 g/mol. The molecule has 33 heavy (non-hydrogen) atoms. The summed E-state index contributed by atoms with van der Waals surface area (Å²) in [6, 6.07) is 16.6.